The summed E-state index contributed by atoms with van der Waals surface area (Å²) in [6.07, 6.45) is 1.50. The highest BCUT2D eigenvalue weighted by molar-refractivity contribution is 5.31. The highest BCUT2D eigenvalue weighted by Crippen LogP contribution is 2.22. The molecule has 0 fully saturated rings. The minimum Gasteiger partial charge on any atom is -0.508 e. The standard InChI is InChI=1S/C11H16O5/c1-11(15-13,16-14)8-4-6-9-5-2-3-7-10(9)12/h2-3,5,7,12-14H,4,6,8H2,1H3. The Morgan fingerprint density at radius 1 is 1.19 bits per heavy atom. The fourth-order valence-corrected chi connectivity index (χ4v) is 1.43. The molecule has 3 N–H and O–H groups in total. The van der Waals surface area contributed by atoms with Crippen molar-refractivity contribution in [1.82, 2.24) is 0 Å². The second-order valence-electron chi connectivity index (χ2n) is 3.80. The van der Waals surface area contributed by atoms with Gasteiger partial charge in [-0.1, -0.05) is 18.2 Å². The SMILES string of the molecule is CC(CCCc1ccccc1O)(OO)OO. The average molecular weight is 228 g/mol. The second kappa shape index (κ2) is 5.81. The van der Waals surface area contributed by atoms with Crippen molar-refractivity contribution in [2.45, 2.75) is 32.0 Å². The van der Waals surface area contributed by atoms with Gasteiger partial charge in [0.25, 0.3) is 0 Å². The number of rotatable bonds is 6. The Balaban J connectivity index is 2.44. The molecule has 16 heavy (non-hydrogen) atoms. The van der Waals surface area contributed by atoms with Crippen molar-refractivity contribution in [2.24, 2.45) is 0 Å². The third-order valence-corrected chi connectivity index (χ3v) is 2.45. The summed E-state index contributed by atoms with van der Waals surface area (Å²) in [5.74, 6) is -1.18. The zero-order valence-corrected chi connectivity index (χ0v) is 9.09. The maximum absolute atomic E-state index is 9.49. The summed E-state index contributed by atoms with van der Waals surface area (Å²) in [7, 11) is 0. The fourth-order valence-electron chi connectivity index (χ4n) is 1.43. The van der Waals surface area contributed by atoms with E-state index in [1.807, 2.05) is 12.1 Å². The van der Waals surface area contributed by atoms with Crippen LogP contribution in [-0.4, -0.2) is 21.4 Å². The van der Waals surface area contributed by atoms with Gasteiger partial charge in [-0.2, -0.15) is 0 Å². The Bertz CT molecular complexity index is 322. The van der Waals surface area contributed by atoms with Gasteiger partial charge in [-0.3, -0.25) is 0 Å². The number of aromatic hydroxyl groups is 1. The van der Waals surface area contributed by atoms with Crippen molar-refractivity contribution in [1.29, 1.82) is 0 Å². The topological polar surface area (TPSA) is 79.2 Å². The predicted octanol–water partition coefficient (Wildman–Crippen LogP) is 2.41. The molecule has 0 bridgehead atoms. The molecule has 1 rings (SSSR count). The van der Waals surface area contributed by atoms with Crippen LogP contribution in [0.2, 0.25) is 0 Å². The second-order valence-corrected chi connectivity index (χ2v) is 3.80. The van der Waals surface area contributed by atoms with Crippen LogP contribution in [0.3, 0.4) is 0 Å². The molecule has 0 saturated carbocycles. The van der Waals surface area contributed by atoms with Gasteiger partial charge in [0.05, 0.1) is 0 Å². The number of aryl methyl sites for hydroxylation is 1. The number of para-hydroxylation sites is 1. The highest BCUT2D eigenvalue weighted by atomic mass is 17.2. The van der Waals surface area contributed by atoms with Crippen molar-refractivity contribution < 1.29 is 25.4 Å². The lowest BCUT2D eigenvalue weighted by molar-refractivity contribution is -0.482. The molecule has 5 nitrogen and oxygen atoms in total. The molecule has 5 heteroatoms. The van der Waals surface area contributed by atoms with Gasteiger partial charge < -0.3 is 5.11 Å². The summed E-state index contributed by atoms with van der Waals surface area (Å²) in [6, 6.07) is 7.00. The number of benzene rings is 1. The molecule has 1 aromatic rings. The molecule has 0 spiro atoms. The van der Waals surface area contributed by atoms with E-state index in [9.17, 15) is 5.11 Å². The van der Waals surface area contributed by atoms with Gasteiger partial charge in [-0.15, -0.1) is 0 Å². The number of phenolic OH excluding ortho intramolecular Hbond substituents is 1. The lowest BCUT2D eigenvalue weighted by atomic mass is 10.0. The van der Waals surface area contributed by atoms with Crippen molar-refractivity contribution in [3.63, 3.8) is 0 Å². The van der Waals surface area contributed by atoms with E-state index < -0.39 is 5.79 Å². The molecule has 0 aliphatic heterocycles. The quantitative estimate of drug-likeness (QED) is 0.396. The van der Waals surface area contributed by atoms with E-state index in [1.54, 1.807) is 12.1 Å². The zero-order valence-electron chi connectivity index (χ0n) is 9.09. The van der Waals surface area contributed by atoms with E-state index >= 15 is 0 Å². The lowest BCUT2D eigenvalue weighted by Gasteiger charge is -2.21. The van der Waals surface area contributed by atoms with E-state index in [0.717, 1.165) is 5.56 Å². The third-order valence-electron chi connectivity index (χ3n) is 2.45. The first-order chi connectivity index (χ1) is 7.61. The molecule has 0 heterocycles. The summed E-state index contributed by atoms with van der Waals surface area (Å²) in [4.78, 5) is 8.04. The van der Waals surface area contributed by atoms with Crippen LogP contribution in [-0.2, 0) is 16.2 Å². The first kappa shape index (κ1) is 12.9. The Kier molecular flexibility index (Phi) is 4.70. The van der Waals surface area contributed by atoms with Gasteiger partial charge in [-0.25, -0.2) is 20.3 Å². The molecule has 0 amide bonds. The van der Waals surface area contributed by atoms with Crippen LogP contribution in [0.5, 0.6) is 5.75 Å². The molecule has 90 valence electrons. The Morgan fingerprint density at radius 3 is 2.38 bits per heavy atom. The van der Waals surface area contributed by atoms with Gasteiger partial charge in [0.15, 0.2) is 0 Å². The summed E-state index contributed by atoms with van der Waals surface area (Å²) >= 11 is 0. The first-order valence-corrected chi connectivity index (χ1v) is 5.03. The largest absolute Gasteiger partial charge is 0.508 e. The summed E-state index contributed by atoms with van der Waals surface area (Å²) in [6.45, 7) is 1.41. The molecule has 0 aromatic heterocycles. The molecule has 0 atom stereocenters. The highest BCUT2D eigenvalue weighted by Gasteiger charge is 2.26. The molecular formula is C11H16O5. The van der Waals surface area contributed by atoms with Crippen molar-refractivity contribution >= 4 is 0 Å². The molecule has 0 aliphatic rings. The maximum Gasteiger partial charge on any atom is 0.230 e. The molecule has 0 unspecified atom stereocenters. The monoisotopic (exact) mass is 228 g/mol. The number of hydrogen-bond donors (Lipinski definition) is 3. The molecular weight excluding hydrogens is 212 g/mol. The molecule has 1 aromatic carbocycles. The molecule has 0 saturated heterocycles. The van der Waals surface area contributed by atoms with Gasteiger partial charge >= 0.3 is 0 Å². The first-order valence-electron chi connectivity index (χ1n) is 5.03. The van der Waals surface area contributed by atoms with Gasteiger partial charge in [0.2, 0.25) is 5.79 Å². The predicted molar refractivity (Wildman–Crippen MR) is 56.9 cm³/mol. The zero-order chi connectivity index (χ0) is 12.0. The van der Waals surface area contributed by atoms with Crippen LogP contribution in [0.4, 0.5) is 0 Å². The van der Waals surface area contributed by atoms with Crippen LogP contribution >= 0.6 is 0 Å². The number of phenols is 1. The summed E-state index contributed by atoms with van der Waals surface area (Å²) in [5, 5.41) is 26.5. The normalized spacial score (nSPS) is 11.7. The van der Waals surface area contributed by atoms with Gasteiger partial charge in [0.1, 0.15) is 5.75 Å². The molecule has 0 radical (unpaired) electrons. The average Bonchev–Trinajstić information content (AvgIpc) is 2.31. The van der Waals surface area contributed by atoms with E-state index in [2.05, 4.69) is 9.78 Å². The fraction of sp³-hybridized carbons (Fsp3) is 0.455. The summed E-state index contributed by atoms with van der Waals surface area (Å²) < 4.78 is 0. The van der Waals surface area contributed by atoms with Crippen LogP contribution in [0.15, 0.2) is 24.3 Å². The Hall–Kier alpha value is -1.14. The van der Waals surface area contributed by atoms with Crippen molar-refractivity contribution in [3.05, 3.63) is 29.8 Å². The van der Waals surface area contributed by atoms with Gasteiger partial charge in [0, 0.05) is 6.42 Å². The smallest absolute Gasteiger partial charge is 0.230 e. The minimum atomic E-state index is -1.41. The van der Waals surface area contributed by atoms with E-state index in [1.165, 1.54) is 6.92 Å². The summed E-state index contributed by atoms with van der Waals surface area (Å²) in [5.41, 5.74) is 0.806. The van der Waals surface area contributed by atoms with Crippen molar-refractivity contribution in [2.75, 3.05) is 0 Å². The van der Waals surface area contributed by atoms with Crippen LogP contribution in [0.1, 0.15) is 25.3 Å². The maximum atomic E-state index is 9.49. The Labute approximate surface area is 93.7 Å². The van der Waals surface area contributed by atoms with Crippen LogP contribution < -0.4 is 0 Å². The van der Waals surface area contributed by atoms with Gasteiger partial charge in [-0.05, 0) is 31.4 Å². The lowest BCUT2D eigenvalue weighted by Crippen LogP contribution is -2.30. The van der Waals surface area contributed by atoms with E-state index in [-0.39, 0.29) is 5.75 Å². The third kappa shape index (κ3) is 3.46. The van der Waals surface area contributed by atoms with E-state index in [4.69, 9.17) is 10.5 Å². The number of hydrogen-bond acceptors (Lipinski definition) is 5. The van der Waals surface area contributed by atoms with Crippen LogP contribution in [0, 0.1) is 0 Å². The van der Waals surface area contributed by atoms with Crippen molar-refractivity contribution in [3.8, 4) is 5.75 Å². The molecule has 0 aliphatic carbocycles. The van der Waals surface area contributed by atoms with E-state index in [0.29, 0.717) is 19.3 Å². The Morgan fingerprint density at radius 2 is 1.81 bits per heavy atom. The van der Waals surface area contributed by atoms with Crippen LogP contribution in [0.25, 0.3) is 0 Å². The minimum absolute atomic E-state index is 0.235.